The smallest absolute Gasteiger partial charge is 0.271 e. The Kier molecular flexibility index (Phi) is 4.37. The van der Waals surface area contributed by atoms with Crippen LogP contribution in [-0.2, 0) is 0 Å². The molecule has 1 aromatic rings. The van der Waals surface area contributed by atoms with Gasteiger partial charge in [0.15, 0.2) is 0 Å². The van der Waals surface area contributed by atoms with E-state index in [2.05, 4.69) is 13.8 Å². The van der Waals surface area contributed by atoms with E-state index in [1.807, 2.05) is 0 Å². The van der Waals surface area contributed by atoms with Gasteiger partial charge in [0.2, 0.25) is 0 Å². The van der Waals surface area contributed by atoms with Crippen LogP contribution in [0.5, 0.6) is 0 Å². The lowest BCUT2D eigenvalue weighted by Gasteiger charge is -2.35. The van der Waals surface area contributed by atoms with Crippen LogP contribution in [-0.4, -0.2) is 28.8 Å². The summed E-state index contributed by atoms with van der Waals surface area (Å²) in [6, 6.07) is 2.36. The van der Waals surface area contributed by atoms with Crippen molar-refractivity contribution in [2.75, 3.05) is 18.8 Å². The van der Waals surface area contributed by atoms with Crippen molar-refractivity contribution in [1.29, 1.82) is 0 Å². The van der Waals surface area contributed by atoms with E-state index in [0.29, 0.717) is 24.9 Å². The zero-order valence-corrected chi connectivity index (χ0v) is 12.8. The summed E-state index contributed by atoms with van der Waals surface area (Å²) in [5.74, 6) is 0.648. The van der Waals surface area contributed by atoms with Crippen molar-refractivity contribution in [3.8, 4) is 0 Å². The number of hydrogen-bond acceptors (Lipinski definition) is 4. The molecule has 7 heteroatoms. The Hall–Kier alpha value is -1.82. The number of nitrogen functional groups attached to an aromatic ring is 1. The normalized spacial score (nSPS) is 22.1. The third kappa shape index (κ3) is 3.10. The number of non-ortho nitro benzene ring substituents is 1. The van der Waals surface area contributed by atoms with Gasteiger partial charge in [-0.3, -0.25) is 14.9 Å². The number of carbonyl (C=O) groups excluding carboxylic acids is 1. The molecule has 1 fully saturated rings. The first kappa shape index (κ1) is 15.6. The maximum absolute atomic E-state index is 12.6. The van der Waals surface area contributed by atoms with Gasteiger partial charge in [-0.15, -0.1) is 0 Å². The van der Waals surface area contributed by atoms with Gasteiger partial charge >= 0.3 is 0 Å². The summed E-state index contributed by atoms with van der Waals surface area (Å²) in [6.45, 7) is 5.50. The first-order valence-corrected chi connectivity index (χ1v) is 7.21. The monoisotopic (exact) mass is 311 g/mol. The molecule has 0 spiro atoms. The number of nitro groups is 1. The van der Waals surface area contributed by atoms with Crippen LogP contribution in [0.15, 0.2) is 12.1 Å². The second-order valence-electron chi connectivity index (χ2n) is 5.64. The number of amides is 1. The van der Waals surface area contributed by atoms with Gasteiger partial charge in [-0.05, 0) is 18.3 Å². The fourth-order valence-corrected chi connectivity index (χ4v) is 2.72. The standard InChI is InChI=1S/C14H18ClN3O3/c1-8-3-4-17(7-9(8)2)14(19)11-5-10(18(20)21)6-12(15)13(11)16/h5-6,8-9H,3-4,7,16H2,1-2H3. The van der Waals surface area contributed by atoms with Crippen LogP contribution in [0.3, 0.4) is 0 Å². The topological polar surface area (TPSA) is 89.5 Å². The van der Waals surface area contributed by atoms with E-state index in [-0.39, 0.29) is 27.9 Å². The van der Waals surface area contributed by atoms with E-state index in [1.54, 1.807) is 4.90 Å². The summed E-state index contributed by atoms with van der Waals surface area (Å²) in [5, 5.41) is 10.9. The van der Waals surface area contributed by atoms with Crippen molar-refractivity contribution in [3.05, 3.63) is 32.8 Å². The van der Waals surface area contributed by atoms with E-state index >= 15 is 0 Å². The minimum Gasteiger partial charge on any atom is -0.397 e. The summed E-state index contributed by atoms with van der Waals surface area (Å²) in [7, 11) is 0. The molecule has 0 aliphatic carbocycles. The molecule has 1 amide bonds. The van der Waals surface area contributed by atoms with Crippen LogP contribution in [0.1, 0.15) is 30.6 Å². The molecule has 6 nitrogen and oxygen atoms in total. The van der Waals surface area contributed by atoms with E-state index in [0.717, 1.165) is 12.5 Å². The first-order chi connectivity index (χ1) is 9.81. The summed E-state index contributed by atoms with van der Waals surface area (Å²) in [4.78, 5) is 24.6. The second kappa shape index (κ2) is 5.89. The number of nitrogens with two attached hydrogens (primary N) is 1. The van der Waals surface area contributed by atoms with Crippen LogP contribution >= 0.6 is 11.6 Å². The molecule has 1 heterocycles. The molecule has 0 bridgehead atoms. The molecule has 2 atom stereocenters. The Balaban J connectivity index is 2.33. The predicted octanol–water partition coefficient (Wildman–Crippen LogP) is 2.95. The summed E-state index contributed by atoms with van der Waals surface area (Å²) in [6.07, 6.45) is 0.912. The zero-order chi connectivity index (χ0) is 15.7. The molecule has 0 saturated carbocycles. The third-order valence-electron chi connectivity index (χ3n) is 4.18. The number of carbonyl (C=O) groups is 1. The highest BCUT2D eigenvalue weighted by atomic mass is 35.5. The lowest BCUT2D eigenvalue weighted by Crippen LogP contribution is -2.42. The maximum Gasteiger partial charge on any atom is 0.271 e. The van der Waals surface area contributed by atoms with E-state index in [1.165, 1.54) is 6.07 Å². The summed E-state index contributed by atoms with van der Waals surface area (Å²) < 4.78 is 0. The van der Waals surface area contributed by atoms with E-state index < -0.39 is 4.92 Å². The molecule has 2 rings (SSSR count). The minimum absolute atomic E-state index is 0.0333. The molecule has 21 heavy (non-hydrogen) atoms. The first-order valence-electron chi connectivity index (χ1n) is 6.84. The fraction of sp³-hybridized carbons (Fsp3) is 0.500. The highest BCUT2D eigenvalue weighted by molar-refractivity contribution is 6.34. The molecule has 1 aliphatic heterocycles. The lowest BCUT2D eigenvalue weighted by atomic mass is 9.88. The number of rotatable bonds is 2. The second-order valence-corrected chi connectivity index (χ2v) is 6.05. The number of nitrogens with zero attached hydrogens (tertiary/aromatic N) is 2. The molecule has 1 aromatic carbocycles. The van der Waals surface area contributed by atoms with Crippen LogP contribution in [0.25, 0.3) is 0 Å². The molecule has 2 unspecified atom stereocenters. The molecule has 114 valence electrons. The van der Waals surface area contributed by atoms with Crippen molar-refractivity contribution in [2.45, 2.75) is 20.3 Å². The van der Waals surface area contributed by atoms with Crippen molar-refractivity contribution in [1.82, 2.24) is 4.90 Å². The Morgan fingerprint density at radius 1 is 1.43 bits per heavy atom. The Morgan fingerprint density at radius 3 is 2.67 bits per heavy atom. The van der Waals surface area contributed by atoms with Crippen molar-refractivity contribution in [2.24, 2.45) is 11.8 Å². The molecular formula is C14H18ClN3O3. The van der Waals surface area contributed by atoms with Crippen LogP contribution in [0.4, 0.5) is 11.4 Å². The molecular weight excluding hydrogens is 294 g/mol. The van der Waals surface area contributed by atoms with Gasteiger partial charge in [-0.25, -0.2) is 0 Å². The largest absolute Gasteiger partial charge is 0.397 e. The number of likely N-dealkylation sites (tertiary alicyclic amines) is 1. The third-order valence-corrected chi connectivity index (χ3v) is 4.49. The fourth-order valence-electron chi connectivity index (χ4n) is 2.50. The average Bonchev–Trinajstić information content (AvgIpc) is 2.43. The van der Waals surface area contributed by atoms with Gasteiger partial charge in [0.1, 0.15) is 0 Å². The SMILES string of the molecule is CC1CCN(C(=O)c2cc([N+](=O)[O-])cc(Cl)c2N)CC1C. The van der Waals surface area contributed by atoms with Crippen LogP contribution in [0, 0.1) is 22.0 Å². The molecule has 1 saturated heterocycles. The summed E-state index contributed by atoms with van der Waals surface area (Å²) >= 11 is 5.90. The Bertz CT molecular complexity index is 591. The predicted molar refractivity (Wildman–Crippen MR) is 81.4 cm³/mol. The Morgan fingerprint density at radius 2 is 2.10 bits per heavy atom. The highest BCUT2D eigenvalue weighted by Gasteiger charge is 2.29. The Labute approximate surface area is 128 Å². The van der Waals surface area contributed by atoms with E-state index in [9.17, 15) is 14.9 Å². The van der Waals surface area contributed by atoms with Crippen LogP contribution in [0.2, 0.25) is 5.02 Å². The number of piperidine rings is 1. The molecule has 0 radical (unpaired) electrons. The van der Waals surface area contributed by atoms with Crippen LogP contribution < -0.4 is 5.73 Å². The van der Waals surface area contributed by atoms with Gasteiger partial charge in [0.25, 0.3) is 11.6 Å². The van der Waals surface area contributed by atoms with Gasteiger partial charge in [0.05, 0.1) is 21.2 Å². The molecule has 2 N–H and O–H groups in total. The molecule has 0 aromatic heterocycles. The minimum atomic E-state index is -0.580. The summed E-state index contributed by atoms with van der Waals surface area (Å²) in [5.41, 5.74) is 5.80. The number of anilines is 1. The number of halogens is 1. The molecule has 1 aliphatic rings. The van der Waals surface area contributed by atoms with Gasteiger partial charge in [0, 0.05) is 25.2 Å². The number of nitro benzene ring substituents is 1. The van der Waals surface area contributed by atoms with Gasteiger partial charge in [-0.1, -0.05) is 25.4 Å². The van der Waals surface area contributed by atoms with E-state index in [4.69, 9.17) is 17.3 Å². The van der Waals surface area contributed by atoms with Crippen molar-refractivity contribution >= 4 is 28.9 Å². The maximum atomic E-state index is 12.6. The zero-order valence-electron chi connectivity index (χ0n) is 12.0. The quantitative estimate of drug-likeness (QED) is 0.516. The number of benzene rings is 1. The van der Waals surface area contributed by atoms with Gasteiger partial charge in [-0.2, -0.15) is 0 Å². The van der Waals surface area contributed by atoms with Crippen molar-refractivity contribution in [3.63, 3.8) is 0 Å². The average molecular weight is 312 g/mol. The van der Waals surface area contributed by atoms with Gasteiger partial charge < -0.3 is 10.6 Å². The lowest BCUT2D eigenvalue weighted by molar-refractivity contribution is -0.384. The van der Waals surface area contributed by atoms with Crippen molar-refractivity contribution < 1.29 is 9.72 Å². The highest BCUT2D eigenvalue weighted by Crippen LogP contribution is 2.31. The number of hydrogen-bond donors (Lipinski definition) is 1.